The fourth-order valence-corrected chi connectivity index (χ4v) is 5.96. The summed E-state index contributed by atoms with van der Waals surface area (Å²) in [6.07, 6.45) is -4.82. The monoisotopic (exact) mass is 582 g/mol. The van der Waals surface area contributed by atoms with Crippen molar-refractivity contribution < 1.29 is 49.8 Å². The molecular formula is C23H23F5N2O6S2. The number of carbonyl (C=O) groups excluding carboxylic acids is 1. The van der Waals surface area contributed by atoms with Gasteiger partial charge in [0.15, 0.2) is 0 Å². The second-order valence-electron chi connectivity index (χ2n) is 8.50. The zero-order chi connectivity index (χ0) is 28.3. The van der Waals surface area contributed by atoms with Gasteiger partial charge in [-0.2, -0.15) is 25.8 Å². The second kappa shape index (κ2) is 11.8. The van der Waals surface area contributed by atoms with E-state index in [1.807, 2.05) is 0 Å². The number of halogens is 5. The van der Waals surface area contributed by atoms with Crippen molar-refractivity contribution in [2.24, 2.45) is 5.92 Å². The number of hydrogen-bond acceptors (Lipinski definition) is 6. The summed E-state index contributed by atoms with van der Waals surface area (Å²) in [7, 11) is -4.82. The number of rotatable bonds is 8. The summed E-state index contributed by atoms with van der Waals surface area (Å²) < 4.78 is 99.6. The van der Waals surface area contributed by atoms with Crippen LogP contribution in [0.25, 0.3) is 0 Å². The molecule has 1 saturated heterocycles. The van der Waals surface area contributed by atoms with Crippen molar-refractivity contribution in [2.45, 2.75) is 35.7 Å². The van der Waals surface area contributed by atoms with Crippen molar-refractivity contribution >= 4 is 40.4 Å². The summed E-state index contributed by atoms with van der Waals surface area (Å²) in [4.78, 5) is 24.0. The van der Waals surface area contributed by atoms with Crippen molar-refractivity contribution in [3.05, 3.63) is 59.7 Å². The molecule has 1 heterocycles. The normalized spacial score (nSPS) is 15.7. The van der Waals surface area contributed by atoms with Crippen LogP contribution in [-0.4, -0.2) is 55.6 Å². The summed E-state index contributed by atoms with van der Waals surface area (Å²) in [6, 6.07) is 4.33. The number of piperidine rings is 1. The summed E-state index contributed by atoms with van der Waals surface area (Å²) in [6.45, 7) is -0.340. The molecule has 1 aliphatic heterocycles. The summed E-state index contributed by atoms with van der Waals surface area (Å²) >= 11 is 4.13. The molecule has 1 amide bonds. The van der Waals surface area contributed by atoms with Gasteiger partial charge in [0.25, 0.3) is 10.0 Å². The Morgan fingerprint density at radius 2 is 1.71 bits per heavy atom. The van der Waals surface area contributed by atoms with Gasteiger partial charge in [0.05, 0.1) is 16.1 Å². The molecule has 15 heteroatoms. The molecule has 1 N–H and O–H groups in total. The molecule has 2 aromatic carbocycles. The van der Waals surface area contributed by atoms with Crippen LogP contribution in [0.15, 0.2) is 47.4 Å². The Morgan fingerprint density at radius 3 is 2.26 bits per heavy atom. The maximum Gasteiger partial charge on any atom is 0.416 e. The minimum absolute atomic E-state index is 0.0441. The molecule has 1 fully saturated rings. The number of amides is 1. The SMILES string of the molecule is O=C(O)CC1CCN(C(=O)OC[C@@H](S)N(c2cc(F)ccc2F)S(=O)(=O)c2ccc(C(F)(F)F)cc2)CC1. The van der Waals surface area contributed by atoms with Crippen LogP contribution in [0.1, 0.15) is 24.8 Å². The van der Waals surface area contributed by atoms with E-state index in [9.17, 15) is 40.0 Å². The van der Waals surface area contributed by atoms with Gasteiger partial charge in [-0.25, -0.2) is 26.3 Å². The minimum Gasteiger partial charge on any atom is -0.481 e. The molecule has 0 aromatic heterocycles. The highest BCUT2D eigenvalue weighted by atomic mass is 32.2. The number of nitrogens with zero attached hydrogens (tertiary/aromatic N) is 2. The number of carboxylic acids is 1. The van der Waals surface area contributed by atoms with Gasteiger partial charge in [-0.1, -0.05) is 0 Å². The summed E-state index contributed by atoms with van der Waals surface area (Å²) in [5.41, 5.74) is -1.92. The van der Waals surface area contributed by atoms with E-state index in [0.29, 0.717) is 53.5 Å². The van der Waals surface area contributed by atoms with E-state index in [0.717, 1.165) is 6.07 Å². The number of aliphatic carboxylic acids is 1. The standard InChI is InChI=1S/C23H23F5N2O6S2/c24-16-3-6-18(25)19(12-16)30(38(34,35)17-4-1-15(2-5-17)23(26,27)28)20(37)13-36-22(33)29-9-7-14(8-10-29)11-21(31)32/h1-6,12,14,20,37H,7-11,13H2,(H,31,32)/t20-/m1/s1. The first-order chi connectivity index (χ1) is 17.7. The number of carbonyl (C=O) groups is 2. The van der Waals surface area contributed by atoms with Crippen LogP contribution in [0.2, 0.25) is 0 Å². The van der Waals surface area contributed by atoms with Gasteiger partial charge >= 0.3 is 18.2 Å². The first kappa shape index (κ1) is 29.5. The van der Waals surface area contributed by atoms with Crippen molar-refractivity contribution in [3.63, 3.8) is 0 Å². The van der Waals surface area contributed by atoms with Crippen LogP contribution in [0, 0.1) is 17.6 Å². The predicted octanol–water partition coefficient (Wildman–Crippen LogP) is 4.76. The molecule has 208 valence electrons. The zero-order valence-electron chi connectivity index (χ0n) is 19.6. The molecule has 0 spiro atoms. The second-order valence-corrected chi connectivity index (χ2v) is 10.9. The van der Waals surface area contributed by atoms with Crippen molar-refractivity contribution in [1.82, 2.24) is 4.90 Å². The highest BCUT2D eigenvalue weighted by Gasteiger charge is 2.36. The van der Waals surface area contributed by atoms with Crippen LogP contribution in [0.5, 0.6) is 0 Å². The van der Waals surface area contributed by atoms with Gasteiger partial charge in [-0.15, -0.1) is 0 Å². The minimum atomic E-state index is -4.82. The Labute approximate surface area is 220 Å². The molecule has 38 heavy (non-hydrogen) atoms. The molecule has 1 aliphatic rings. The van der Waals surface area contributed by atoms with Gasteiger partial charge < -0.3 is 14.7 Å². The Balaban J connectivity index is 1.82. The lowest BCUT2D eigenvalue weighted by atomic mass is 9.94. The Kier molecular flexibility index (Phi) is 9.13. The summed E-state index contributed by atoms with van der Waals surface area (Å²) in [5.74, 6) is -3.25. The zero-order valence-corrected chi connectivity index (χ0v) is 21.3. The number of anilines is 1. The predicted molar refractivity (Wildman–Crippen MR) is 128 cm³/mol. The number of likely N-dealkylation sites (tertiary alicyclic amines) is 1. The third kappa shape index (κ3) is 7.07. The highest BCUT2D eigenvalue weighted by Crippen LogP contribution is 2.33. The average molecular weight is 583 g/mol. The molecule has 3 rings (SSSR count). The quantitative estimate of drug-likeness (QED) is 0.264. The van der Waals surface area contributed by atoms with Gasteiger partial charge in [-0.3, -0.25) is 4.79 Å². The lowest BCUT2D eigenvalue weighted by Crippen LogP contribution is -2.43. The Morgan fingerprint density at radius 1 is 1.11 bits per heavy atom. The average Bonchev–Trinajstić information content (AvgIpc) is 2.84. The van der Waals surface area contributed by atoms with E-state index in [2.05, 4.69) is 12.6 Å². The number of hydrogen-bond donors (Lipinski definition) is 2. The van der Waals surface area contributed by atoms with Gasteiger partial charge in [-0.05, 0) is 55.2 Å². The number of benzene rings is 2. The third-order valence-corrected chi connectivity index (χ3v) is 8.22. The van der Waals surface area contributed by atoms with E-state index in [1.165, 1.54) is 4.90 Å². The van der Waals surface area contributed by atoms with Gasteiger partial charge in [0.2, 0.25) is 0 Å². The van der Waals surface area contributed by atoms with Crippen LogP contribution >= 0.6 is 12.6 Å². The molecule has 0 unspecified atom stereocenters. The Bertz CT molecular complexity index is 1270. The van der Waals surface area contributed by atoms with Crippen molar-refractivity contribution in [1.29, 1.82) is 0 Å². The van der Waals surface area contributed by atoms with Crippen LogP contribution in [0.4, 0.5) is 32.4 Å². The maximum absolute atomic E-state index is 14.6. The van der Waals surface area contributed by atoms with Crippen LogP contribution in [0.3, 0.4) is 0 Å². The van der Waals surface area contributed by atoms with E-state index in [1.54, 1.807) is 0 Å². The van der Waals surface area contributed by atoms with Crippen molar-refractivity contribution in [2.75, 3.05) is 24.0 Å². The van der Waals surface area contributed by atoms with Gasteiger partial charge in [0, 0.05) is 25.6 Å². The fraction of sp³-hybridized carbons (Fsp3) is 0.391. The molecule has 0 aliphatic carbocycles. The maximum atomic E-state index is 14.6. The third-order valence-electron chi connectivity index (χ3n) is 5.85. The first-order valence-corrected chi connectivity index (χ1v) is 13.1. The largest absolute Gasteiger partial charge is 0.481 e. The summed E-state index contributed by atoms with van der Waals surface area (Å²) in [5, 5.41) is 7.29. The fourth-order valence-electron chi connectivity index (χ4n) is 3.91. The molecule has 0 saturated carbocycles. The number of sulfonamides is 1. The lowest BCUT2D eigenvalue weighted by molar-refractivity contribution is -0.139. The van der Waals surface area contributed by atoms with Gasteiger partial charge in [0.1, 0.15) is 23.6 Å². The first-order valence-electron chi connectivity index (χ1n) is 11.2. The highest BCUT2D eigenvalue weighted by molar-refractivity contribution is 7.94. The van der Waals surface area contributed by atoms with E-state index in [-0.39, 0.29) is 25.4 Å². The molecule has 1 atom stereocenters. The van der Waals surface area contributed by atoms with E-state index >= 15 is 0 Å². The number of thiol groups is 1. The molecule has 0 radical (unpaired) electrons. The topological polar surface area (TPSA) is 104 Å². The Hall–Kier alpha value is -3.07. The van der Waals surface area contributed by atoms with Crippen LogP contribution < -0.4 is 4.31 Å². The molecule has 8 nitrogen and oxygen atoms in total. The van der Waals surface area contributed by atoms with Crippen molar-refractivity contribution in [3.8, 4) is 0 Å². The smallest absolute Gasteiger partial charge is 0.416 e. The van der Waals surface area contributed by atoms with E-state index < -0.39 is 68.0 Å². The molecular weight excluding hydrogens is 559 g/mol. The van der Waals surface area contributed by atoms with E-state index in [4.69, 9.17) is 9.84 Å². The molecule has 2 aromatic rings. The molecule has 0 bridgehead atoms. The van der Waals surface area contributed by atoms with Crippen LogP contribution in [-0.2, 0) is 25.7 Å². The lowest BCUT2D eigenvalue weighted by Gasteiger charge is -2.32. The number of carboxylic acid groups (broad SMARTS) is 1. The number of ether oxygens (including phenoxy) is 1. The number of alkyl halides is 3.